The Hall–Kier alpha value is -0.810. The maximum absolute atomic E-state index is 11.6. The van der Waals surface area contributed by atoms with Crippen LogP contribution >= 0.6 is 38.5 Å². The predicted molar refractivity (Wildman–Crippen MR) is 81.4 cm³/mol. The summed E-state index contributed by atoms with van der Waals surface area (Å²) in [5.41, 5.74) is 0.465. The number of benzene rings is 1. The van der Waals surface area contributed by atoms with Crippen molar-refractivity contribution in [1.29, 1.82) is 5.26 Å². The second kappa shape index (κ2) is 5.89. The Balaban J connectivity index is 2.90. The SMILES string of the molecule is CC(C)(C)OC(=O)Nc1cc(Br)c(I)c(C#N)c1. The Morgan fingerprint density at radius 1 is 1.50 bits per heavy atom. The van der Waals surface area contributed by atoms with Crippen LogP contribution in [0.2, 0.25) is 0 Å². The number of ether oxygens (including phenoxy) is 1. The van der Waals surface area contributed by atoms with Gasteiger partial charge < -0.3 is 4.74 Å². The lowest BCUT2D eigenvalue weighted by Crippen LogP contribution is -2.27. The molecule has 0 aliphatic rings. The Morgan fingerprint density at radius 2 is 2.11 bits per heavy atom. The van der Waals surface area contributed by atoms with E-state index in [4.69, 9.17) is 10.00 Å². The number of nitriles is 1. The maximum Gasteiger partial charge on any atom is 0.412 e. The number of carbonyl (C=O) groups is 1. The van der Waals surface area contributed by atoms with Crippen LogP contribution < -0.4 is 5.32 Å². The standard InChI is InChI=1S/C12H12BrIN2O2/c1-12(2,3)18-11(17)16-8-4-7(6-15)10(14)9(13)5-8/h4-5H,1-3H3,(H,16,17). The summed E-state index contributed by atoms with van der Waals surface area (Å²) in [5.74, 6) is 0. The van der Waals surface area contributed by atoms with Gasteiger partial charge in [-0.05, 0) is 71.4 Å². The van der Waals surface area contributed by atoms with E-state index in [0.29, 0.717) is 11.3 Å². The van der Waals surface area contributed by atoms with Crippen LogP contribution in [0.5, 0.6) is 0 Å². The highest BCUT2D eigenvalue weighted by molar-refractivity contribution is 14.1. The Kier molecular flexibility index (Phi) is 4.99. The topological polar surface area (TPSA) is 62.1 Å². The number of carbonyl (C=O) groups excluding carboxylic acids is 1. The van der Waals surface area contributed by atoms with E-state index in [1.807, 2.05) is 0 Å². The number of amides is 1. The molecule has 0 aromatic heterocycles. The zero-order valence-electron chi connectivity index (χ0n) is 10.2. The van der Waals surface area contributed by atoms with E-state index in [2.05, 4.69) is 49.9 Å². The van der Waals surface area contributed by atoms with E-state index in [1.165, 1.54) is 0 Å². The second-order valence-corrected chi connectivity index (χ2v) is 6.49. The minimum atomic E-state index is -0.553. The van der Waals surface area contributed by atoms with Gasteiger partial charge in [0.05, 0.1) is 5.56 Å². The molecule has 0 radical (unpaired) electrons. The molecule has 1 amide bonds. The summed E-state index contributed by atoms with van der Waals surface area (Å²) >= 11 is 5.40. The first kappa shape index (κ1) is 15.2. The lowest BCUT2D eigenvalue weighted by atomic mass is 10.2. The first-order chi connectivity index (χ1) is 8.23. The molecule has 0 aliphatic heterocycles. The number of hydrogen-bond acceptors (Lipinski definition) is 3. The van der Waals surface area contributed by atoms with Crippen LogP contribution in [-0.4, -0.2) is 11.7 Å². The number of anilines is 1. The molecule has 1 aromatic rings. The molecule has 1 rings (SSSR count). The highest BCUT2D eigenvalue weighted by Crippen LogP contribution is 2.27. The highest BCUT2D eigenvalue weighted by Gasteiger charge is 2.17. The fraction of sp³-hybridized carbons (Fsp3) is 0.333. The number of halogens is 2. The van der Waals surface area contributed by atoms with Crippen molar-refractivity contribution in [3.8, 4) is 6.07 Å². The van der Waals surface area contributed by atoms with Gasteiger partial charge in [0.2, 0.25) is 0 Å². The lowest BCUT2D eigenvalue weighted by Gasteiger charge is -2.19. The van der Waals surface area contributed by atoms with Crippen LogP contribution in [0.15, 0.2) is 16.6 Å². The van der Waals surface area contributed by atoms with E-state index in [1.54, 1.807) is 32.9 Å². The molecule has 0 bridgehead atoms. The van der Waals surface area contributed by atoms with Gasteiger partial charge in [-0.1, -0.05) is 0 Å². The number of nitrogens with one attached hydrogen (secondary N) is 1. The normalized spacial score (nSPS) is 10.7. The Labute approximate surface area is 128 Å². The summed E-state index contributed by atoms with van der Waals surface area (Å²) in [6.07, 6.45) is -0.542. The third kappa shape index (κ3) is 4.46. The molecule has 0 aliphatic carbocycles. The van der Waals surface area contributed by atoms with Gasteiger partial charge in [-0.15, -0.1) is 0 Å². The molecule has 0 saturated carbocycles. The zero-order chi connectivity index (χ0) is 13.9. The average Bonchev–Trinajstić information content (AvgIpc) is 2.20. The number of nitrogens with zero attached hydrogens (tertiary/aromatic N) is 1. The molecule has 0 spiro atoms. The molecule has 4 nitrogen and oxygen atoms in total. The summed E-state index contributed by atoms with van der Waals surface area (Å²) in [5, 5.41) is 11.6. The van der Waals surface area contributed by atoms with Crippen molar-refractivity contribution in [1.82, 2.24) is 0 Å². The molecule has 0 saturated heterocycles. The van der Waals surface area contributed by atoms with Gasteiger partial charge in [0.1, 0.15) is 11.7 Å². The van der Waals surface area contributed by atoms with Gasteiger partial charge in [-0.3, -0.25) is 5.32 Å². The van der Waals surface area contributed by atoms with Crippen molar-refractivity contribution < 1.29 is 9.53 Å². The van der Waals surface area contributed by atoms with Crippen molar-refractivity contribution in [2.75, 3.05) is 5.32 Å². The minimum Gasteiger partial charge on any atom is -0.444 e. The van der Waals surface area contributed by atoms with E-state index in [0.717, 1.165) is 8.04 Å². The Bertz CT molecular complexity index is 518. The molecule has 0 heterocycles. The smallest absolute Gasteiger partial charge is 0.412 e. The first-order valence-electron chi connectivity index (χ1n) is 5.12. The van der Waals surface area contributed by atoms with Gasteiger partial charge in [0.25, 0.3) is 0 Å². The minimum absolute atomic E-state index is 0.496. The summed E-state index contributed by atoms with van der Waals surface area (Å²) in [7, 11) is 0. The molecule has 18 heavy (non-hydrogen) atoms. The molecule has 0 fully saturated rings. The third-order valence-corrected chi connectivity index (χ3v) is 4.32. The molecule has 1 aromatic carbocycles. The summed E-state index contributed by atoms with van der Waals surface area (Å²) < 4.78 is 6.70. The van der Waals surface area contributed by atoms with Crippen molar-refractivity contribution >= 4 is 50.3 Å². The molecule has 6 heteroatoms. The summed E-state index contributed by atoms with van der Waals surface area (Å²) in [6, 6.07) is 5.40. The van der Waals surface area contributed by atoms with Gasteiger partial charge in [-0.25, -0.2) is 4.79 Å². The maximum atomic E-state index is 11.6. The van der Waals surface area contributed by atoms with Crippen molar-refractivity contribution in [2.24, 2.45) is 0 Å². The monoisotopic (exact) mass is 422 g/mol. The quantitative estimate of drug-likeness (QED) is 0.687. The zero-order valence-corrected chi connectivity index (χ0v) is 13.9. The highest BCUT2D eigenvalue weighted by atomic mass is 127. The van der Waals surface area contributed by atoms with E-state index < -0.39 is 11.7 Å². The largest absolute Gasteiger partial charge is 0.444 e. The number of rotatable bonds is 1. The van der Waals surface area contributed by atoms with Crippen LogP contribution in [0.25, 0.3) is 0 Å². The summed E-state index contributed by atoms with van der Waals surface area (Å²) in [6.45, 7) is 5.37. The van der Waals surface area contributed by atoms with Crippen LogP contribution in [0.3, 0.4) is 0 Å². The van der Waals surface area contributed by atoms with Crippen molar-refractivity contribution in [3.63, 3.8) is 0 Å². The fourth-order valence-electron chi connectivity index (χ4n) is 1.16. The van der Waals surface area contributed by atoms with Crippen molar-refractivity contribution in [3.05, 3.63) is 25.7 Å². The van der Waals surface area contributed by atoms with Crippen LogP contribution in [-0.2, 0) is 4.74 Å². The van der Waals surface area contributed by atoms with E-state index in [9.17, 15) is 4.79 Å². The molecular weight excluding hydrogens is 411 g/mol. The van der Waals surface area contributed by atoms with Gasteiger partial charge in [0.15, 0.2) is 0 Å². The van der Waals surface area contributed by atoms with Gasteiger partial charge in [-0.2, -0.15) is 5.26 Å². The average molecular weight is 423 g/mol. The molecular formula is C12H12BrIN2O2. The van der Waals surface area contributed by atoms with Crippen molar-refractivity contribution in [2.45, 2.75) is 26.4 Å². The molecule has 0 atom stereocenters. The predicted octanol–water partition coefficient (Wildman–Crippen LogP) is 4.27. The lowest BCUT2D eigenvalue weighted by molar-refractivity contribution is 0.0636. The molecule has 96 valence electrons. The van der Waals surface area contributed by atoms with E-state index >= 15 is 0 Å². The Morgan fingerprint density at radius 3 is 2.61 bits per heavy atom. The van der Waals surface area contributed by atoms with Gasteiger partial charge in [0, 0.05) is 13.7 Å². The van der Waals surface area contributed by atoms with Gasteiger partial charge >= 0.3 is 6.09 Å². The molecule has 0 unspecified atom stereocenters. The second-order valence-electron chi connectivity index (χ2n) is 4.56. The fourth-order valence-corrected chi connectivity index (χ4v) is 2.06. The van der Waals surface area contributed by atoms with Crippen LogP contribution in [0.1, 0.15) is 26.3 Å². The number of hydrogen-bond donors (Lipinski definition) is 1. The molecule has 1 N–H and O–H groups in total. The van der Waals surface area contributed by atoms with Crippen LogP contribution in [0, 0.1) is 14.9 Å². The third-order valence-electron chi connectivity index (χ3n) is 1.79. The van der Waals surface area contributed by atoms with E-state index in [-0.39, 0.29) is 0 Å². The van der Waals surface area contributed by atoms with Crippen LogP contribution in [0.4, 0.5) is 10.5 Å². The summed E-state index contributed by atoms with van der Waals surface area (Å²) in [4.78, 5) is 11.6. The first-order valence-corrected chi connectivity index (χ1v) is 6.99.